The summed E-state index contributed by atoms with van der Waals surface area (Å²) in [7, 11) is 0. The van der Waals surface area contributed by atoms with Crippen molar-refractivity contribution in [2.75, 3.05) is 6.54 Å². The van der Waals surface area contributed by atoms with Crippen LogP contribution in [0.1, 0.15) is 49.0 Å². The molecule has 1 amide bonds. The smallest absolute Gasteiger partial charge is 0.252 e. The van der Waals surface area contributed by atoms with Crippen LogP contribution >= 0.6 is 0 Å². The van der Waals surface area contributed by atoms with Gasteiger partial charge in [0, 0.05) is 12.7 Å². The predicted molar refractivity (Wildman–Crippen MR) is 77.8 cm³/mol. The summed E-state index contributed by atoms with van der Waals surface area (Å²) in [6.07, 6.45) is 3.40. The molecule has 0 aromatic carbocycles. The molecule has 2 N–H and O–H groups in total. The number of hydrogen-bond acceptors (Lipinski definition) is 4. The van der Waals surface area contributed by atoms with Gasteiger partial charge in [0.2, 0.25) is 0 Å². The molecule has 21 heavy (non-hydrogen) atoms. The molecule has 1 aliphatic rings. The van der Waals surface area contributed by atoms with Gasteiger partial charge in [-0.05, 0) is 36.8 Å². The monoisotopic (exact) mass is 288 g/mol. The molecule has 2 aromatic rings. The third-order valence-corrected chi connectivity index (χ3v) is 3.84. The van der Waals surface area contributed by atoms with Gasteiger partial charge in [0.1, 0.15) is 6.10 Å². The van der Waals surface area contributed by atoms with Crippen molar-refractivity contribution in [3.63, 3.8) is 0 Å². The molecule has 0 saturated heterocycles. The molecule has 0 aliphatic heterocycles. The van der Waals surface area contributed by atoms with Gasteiger partial charge < -0.3 is 10.4 Å². The van der Waals surface area contributed by atoms with E-state index < -0.39 is 6.10 Å². The van der Waals surface area contributed by atoms with E-state index in [1.54, 1.807) is 22.7 Å². The molecule has 1 saturated carbocycles. The van der Waals surface area contributed by atoms with Gasteiger partial charge in [0.15, 0.2) is 11.5 Å². The number of aliphatic hydroxyl groups is 1. The first-order chi connectivity index (χ1) is 10.1. The minimum Gasteiger partial charge on any atom is -0.385 e. The van der Waals surface area contributed by atoms with E-state index in [1.165, 1.54) is 12.8 Å². The fraction of sp³-hybridized carbons (Fsp3) is 0.533. The minimum absolute atomic E-state index is 0.0322. The first-order valence-electron chi connectivity index (χ1n) is 7.37. The number of aliphatic hydroxyl groups excluding tert-OH is 1. The highest BCUT2D eigenvalue weighted by molar-refractivity contribution is 5.94. The zero-order valence-electron chi connectivity index (χ0n) is 12.3. The van der Waals surface area contributed by atoms with Crippen LogP contribution in [0.2, 0.25) is 0 Å². The Morgan fingerprint density at radius 1 is 1.43 bits per heavy atom. The maximum atomic E-state index is 12.1. The quantitative estimate of drug-likeness (QED) is 0.875. The maximum absolute atomic E-state index is 12.1. The fourth-order valence-electron chi connectivity index (χ4n) is 2.20. The lowest BCUT2D eigenvalue weighted by molar-refractivity contribution is 0.0950. The lowest BCUT2D eigenvalue weighted by Crippen LogP contribution is -2.25. The van der Waals surface area contributed by atoms with Crippen LogP contribution in [0.5, 0.6) is 0 Å². The number of amides is 1. The van der Waals surface area contributed by atoms with Crippen molar-refractivity contribution >= 4 is 11.6 Å². The van der Waals surface area contributed by atoms with Crippen molar-refractivity contribution in [1.29, 1.82) is 0 Å². The Morgan fingerprint density at radius 2 is 2.19 bits per heavy atom. The number of aromatic nitrogens is 3. The van der Waals surface area contributed by atoms with Crippen LogP contribution in [0.15, 0.2) is 18.3 Å². The lowest BCUT2D eigenvalue weighted by Gasteiger charge is -2.12. The van der Waals surface area contributed by atoms with Gasteiger partial charge in [0.25, 0.3) is 5.91 Å². The normalized spacial score (nSPS) is 16.4. The lowest BCUT2D eigenvalue weighted by atomic mass is 10.1. The van der Waals surface area contributed by atoms with Crippen molar-refractivity contribution in [3.8, 4) is 0 Å². The topological polar surface area (TPSA) is 79.5 Å². The largest absolute Gasteiger partial charge is 0.385 e. The maximum Gasteiger partial charge on any atom is 0.252 e. The summed E-state index contributed by atoms with van der Waals surface area (Å²) in [4.78, 5) is 12.1. The molecule has 0 bridgehead atoms. The summed E-state index contributed by atoms with van der Waals surface area (Å²) in [6, 6.07) is 3.48. The standard InChI is InChI=1S/C15H20N4O2/c1-9(2)13(20)14-18-17-12-6-5-11(8-19(12)14)15(21)16-7-10-3-4-10/h5-6,8-10,13,20H,3-4,7H2,1-2H3,(H,16,21). The predicted octanol–water partition coefficient (Wildman–Crippen LogP) is 1.56. The van der Waals surface area contributed by atoms with Crippen LogP contribution in [-0.2, 0) is 0 Å². The summed E-state index contributed by atoms with van der Waals surface area (Å²) < 4.78 is 1.69. The molecule has 6 heteroatoms. The van der Waals surface area contributed by atoms with Crippen LogP contribution in [0.3, 0.4) is 0 Å². The average molecular weight is 288 g/mol. The number of nitrogens with one attached hydrogen (secondary N) is 1. The first kappa shape index (κ1) is 14.0. The Labute approximate surface area is 123 Å². The summed E-state index contributed by atoms with van der Waals surface area (Å²) >= 11 is 0. The number of nitrogens with zero attached hydrogens (tertiary/aromatic N) is 3. The number of carbonyl (C=O) groups excluding carboxylic acids is 1. The molecular weight excluding hydrogens is 268 g/mol. The highest BCUT2D eigenvalue weighted by atomic mass is 16.3. The third-order valence-electron chi connectivity index (χ3n) is 3.84. The van der Waals surface area contributed by atoms with Crippen molar-refractivity contribution in [2.24, 2.45) is 11.8 Å². The molecule has 0 radical (unpaired) electrons. The van der Waals surface area contributed by atoms with Crippen molar-refractivity contribution in [1.82, 2.24) is 19.9 Å². The summed E-state index contributed by atoms with van der Waals surface area (Å²) in [5.41, 5.74) is 1.18. The number of pyridine rings is 1. The fourth-order valence-corrected chi connectivity index (χ4v) is 2.20. The van der Waals surface area contributed by atoms with Crippen molar-refractivity contribution in [2.45, 2.75) is 32.8 Å². The van der Waals surface area contributed by atoms with Gasteiger partial charge in [-0.25, -0.2) is 0 Å². The Kier molecular flexibility index (Phi) is 3.63. The number of rotatable bonds is 5. The van der Waals surface area contributed by atoms with Gasteiger partial charge >= 0.3 is 0 Å². The molecule has 2 heterocycles. The van der Waals surface area contributed by atoms with E-state index in [0.29, 0.717) is 23.0 Å². The molecule has 1 fully saturated rings. The van der Waals surface area contributed by atoms with Gasteiger partial charge in [-0.1, -0.05) is 13.8 Å². The molecule has 1 atom stereocenters. The van der Waals surface area contributed by atoms with Gasteiger partial charge in [-0.15, -0.1) is 10.2 Å². The van der Waals surface area contributed by atoms with E-state index in [2.05, 4.69) is 15.5 Å². The van der Waals surface area contributed by atoms with Crippen LogP contribution in [0.25, 0.3) is 5.65 Å². The van der Waals surface area contributed by atoms with Crippen molar-refractivity contribution < 1.29 is 9.90 Å². The number of hydrogen-bond donors (Lipinski definition) is 2. The van der Waals surface area contributed by atoms with Gasteiger partial charge in [0.05, 0.1) is 5.56 Å². The summed E-state index contributed by atoms with van der Waals surface area (Å²) in [5, 5.41) is 21.2. The van der Waals surface area contributed by atoms with Crippen LogP contribution < -0.4 is 5.32 Å². The molecule has 1 unspecified atom stereocenters. The van der Waals surface area contributed by atoms with E-state index >= 15 is 0 Å². The average Bonchev–Trinajstić information content (AvgIpc) is 3.21. The van der Waals surface area contributed by atoms with E-state index in [1.807, 2.05) is 13.8 Å². The van der Waals surface area contributed by atoms with Gasteiger partial charge in [-0.2, -0.15) is 0 Å². The van der Waals surface area contributed by atoms with Crippen LogP contribution in [0, 0.1) is 11.8 Å². The molecule has 1 aliphatic carbocycles. The molecular formula is C15H20N4O2. The Bertz CT molecular complexity index is 661. The van der Waals surface area contributed by atoms with E-state index in [-0.39, 0.29) is 11.8 Å². The molecule has 0 spiro atoms. The van der Waals surface area contributed by atoms with Crippen LogP contribution in [-0.4, -0.2) is 32.2 Å². The molecule has 3 rings (SSSR count). The highest BCUT2D eigenvalue weighted by Gasteiger charge is 2.23. The summed E-state index contributed by atoms with van der Waals surface area (Å²) in [6.45, 7) is 4.57. The van der Waals surface area contributed by atoms with Crippen molar-refractivity contribution in [3.05, 3.63) is 29.7 Å². The third kappa shape index (κ3) is 2.90. The second-order valence-electron chi connectivity index (χ2n) is 6.05. The highest BCUT2D eigenvalue weighted by Crippen LogP contribution is 2.27. The Balaban J connectivity index is 1.86. The molecule has 112 valence electrons. The van der Waals surface area contributed by atoms with Crippen LogP contribution in [0.4, 0.5) is 0 Å². The van der Waals surface area contributed by atoms with E-state index in [0.717, 1.165) is 6.54 Å². The zero-order chi connectivity index (χ0) is 15.0. The Hall–Kier alpha value is -1.95. The minimum atomic E-state index is -0.704. The number of carbonyl (C=O) groups is 1. The summed E-state index contributed by atoms with van der Waals surface area (Å²) in [5.74, 6) is 1.05. The Morgan fingerprint density at radius 3 is 2.86 bits per heavy atom. The van der Waals surface area contributed by atoms with E-state index in [9.17, 15) is 9.90 Å². The number of fused-ring (bicyclic) bond motifs is 1. The second-order valence-corrected chi connectivity index (χ2v) is 6.05. The first-order valence-corrected chi connectivity index (χ1v) is 7.37. The zero-order valence-corrected chi connectivity index (χ0v) is 12.3. The second kappa shape index (κ2) is 5.44. The molecule has 6 nitrogen and oxygen atoms in total. The molecule has 2 aromatic heterocycles. The SMILES string of the molecule is CC(C)C(O)c1nnc2ccc(C(=O)NCC3CC3)cn12. The van der Waals surface area contributed by atoms with Gasteiger partial charge in [-0.3, -0.25) is 9.20 Å². The van der Waals surface area contributed by atoms with E-state index in [4.69, 9.17) is 0 Å².